The third-order valence-electron chi connectivity index (χ3n) is 3.50. The summed E-state index contributed by atoms with van der Waals surface area (Å²) in [5.74, 6) is 0.657. The van der Waals surface area contributed by atoms with Gasteiger partial charge in [-0.2, -0.15) is 0 Å². The van der Waals surface area contributed by atoms with Gasteiger partial charge in [0.25, 0.3) is 0 Å². The molecule has 1 fully saturated rings. The molecular weight excluding hydrogens is 328 g/mol. The highest BCUT2D eigenvalue weighted by molar-refractivity contribution is 9.10. The van der Waals surface area contributed by atoms with Crippen molar-refractivity contribution >= 4 is 34.2 Å². The number of benzene rings is 1. The molecule has 1 saturated carbocycles. The minimum absolute atomic E-state index is 0. The zero-order valence-electron chi connectivity index (χ0n) is 11.0. The van der Waals surface area contributed by atoms with Crippen LogP contribution in [0.15, 0.2) is 28.7 Å². The van der Waals surface area contributed by atoms with E-state index >= 15 is 0 Å². The third kappa shape index (κ3) is 4.48. The maximum absolute atomic E-state index is 11.8. The van der Waals surface area contributed by atoms with Crippen molar-refractivity contribution < 1.29 is 4.79 Å². The lowest BCUT2D eigenvalue weighted by Gasteiger charge is -2.34. The number of likely N-dealkylation sites (N-methyl/N-ethyl adjacent to an activating group) is 1. The van der Waals surface area contributed by atoms with Crippen LogP contribution < -0.4 is 10.6 Å². The third-order valence-corrected chi connectivity index (χ3v) is 4.03. The number of amides is 1. The summed E-state index contributed by atoms with van der Waals surface area (Å²) in [5, 5.41) is 6.03. The molecule has 0 aliphatic heterocycles. The molecule has 2 N–H and O–H groups in total. The van der Waals surface area contributed by atoms with E-state index in [9.17, 15) is 4.79 Å². The van der Waals surface area contributed by atoms with Crippen molar-refractivity contribution in [1.29, 1.82) is 0 Å². The van der Waals surface area contributed by atoms with Crippen molar-refractivity contribution in [2.24, 2.45) is 5.92 Å². The van der Waals surface area contributed by atoms with Gasteiger partial charge in [-0.1, -0.05) is 34.5 Å². The Bertz CT molecular complexity index is 406. The number of carbonyl (C=O) groups is 1. The van der Waals surface area contributed by atoms with E-state index in [2.05, 4.69) is 38.7 Å². The van der Waals surface area contributed by atoms with Crippen molar-refractivity contribution in [2.45, 2.75) is 25.3 Å². The molecule has 2 rings (SSSR count). The lowest BCUT2D eigenvalue weighted by atomic mass is 9.77. The molecule has 0 bridgehead atoms. The SMILES string of the molecule is CNCC(=O)NC(c1ccc(Br)cc1)C1CCC1.Cl. The van der Waals surface area contributed by atoms with E-state index in [1.165, 1.54) is 24.8 Å². The molecule has 1 aromatic rings. The molecule has 1 atom stereocenters. The number of rotatable bonds is 5. The summed E-state index contributed by atoms with van der Waals surface area (Å²) in [7, 11) is 1.79. The Labute approximate surface area is 129 Å². The Hall–Kier alpha value is -0.580. The second-order valence-corrected chi connectivity index (χ2v) is 5.73. The summed E-state index contributed by atoms with van der Waals surface area (Å²) in [6.07, 6.45) is 3.70. The number of hydrogen-bond donors (Lipinski definition) is 2. The van der Waals surface area contributed by atoms with Crippen molar-refractivity contribution in [3.05, 3.63) is 34.3 Å². The first kappa shape index (κ1) is 16.5. The maximum atomic E-state index is 11.8. The van der Waals surface area contributed by atoms with E-state index in [4.69, 9.17) is 0 Å². The van der Waals surface area contributed by atoms with Gasteiger partial charge in [-0.15, -0.1) is 12.4 Å². The van der Waals surface area contributed by atoms with E-state index < -0.39 is 0 Å². The van der Waals surface area contributed by atoms with Crippen LogP contribution in [0, 0.1) is 5.92 Å². The highest BCUT2D eigenvalue weighted by Gasteiger charge is 2.29. The minimum atomic E-state index is 0. The predicted molar refractivity (Wildman–Crippen MR) is 83.5 cm³/mol. The molecule has 1 aliphatic rings. The molecule has 19 heavy (non-hydrogen) atoms. The second-order valence-electron chi connectivity index (χ2n) is 4.82. The highest BCUT2D eigenvalue weighted by Crippen LogP contribution is 2.37. The van der Waals surface area contributed by atoms with Gasteiger partial charge in [0.15, 0.2) is 0 Å². The fourth-order valence-corrected chi connectivity index (χ4v) is 2.57. The van der Waals surface area contributed by atoms with E-state index in [0.717, 1.165) is 4.47 Å². The van der Waals surface area contributed by atoms with Gasteiger partial charge in [-0.25, -0.2) is 0 Å². The molecule has 0 radical (unpaired) electrons. The molecule has 3 nitrogen and oxygen atoms in total. The van der Waals surface area contributed by atoms with Gasteiger partial charge >= 0.3 is 0 Å². The highest BCUT2D eigenvalue weighted by atomic mass is 79.9. The quantitative estimate of drug-likeness (QED) is 0.859. The van der Waals surface area contributed by atoms with Crippen LogP contribution in [0.1, 0.15) is 30.9 Å². The number of nitrogens with one attached hydrogen (secondary N) is 2. The predicted octanol–water partition coefficient (Wildman–Crippen LogP) is 3.05. The monoisotopic (exact) mass is 346 g/mol. The van der Waals surface area contributed by atoms with Gasteiger partial charge in [0, 0.05) is 4.47 Å². The van der Waals surface area contributed by atoms with Gasteiger partial charge in [-0.3, -0.25) is 4.79 Å². The average Bonchev–Trinajstić information content (AvgIpc) is 2.27. The molecule has 0 heterocycles. The van der Waals surface area contributed by atoms with Crippen LogP contribution >= 0.6 is 28.3 Å². The molecule has 106 valence electrons. The first-order valence-electron chi connectivity index (χ1n) is 6.40. The molecule has 0 saturated heterocycles. The standard InChI is InChI=1S/C14H19BrN2O.ClH/c1-16-9-13(18)17-14(10-3-2-4-10)11-5-7-12(15)8-6-11;/h5-8,10,14,16H,2-4,9H2,1H3,(H,17,18);1H. The fourth-order valence-electron chi connectivity index (χ4n) is 2.30. The number of carbonyl (C=O) groups excluding carboxylic acids is 1. The Kier molecular flexibility index (Phi) is 6.83. The van der Waals surface area contributed by atoms with Crippen LogP contribution in [0.2, 0.25) is 0 Å². The van der Waals surface area contributed by atoms with E-state index in [1.54, 1.807) is 7.05 Å². The Morgan fingerprint density at radius 2 is 2.00 bits per heavy atom. The van der Waals surface area contributed by atoms with Crippen LogP contribution in [0.5, 0.6) is 0 Å². The molecule has 1 aliphatic carbocycles. The lowest BCUT2D eigenvalue weighted by molar-refractivity contribution is -0.121. The molecule has 1 unspecified atom stereocenters. The molecular formula is C14H20BrClN2O. The van der Waals surface area contributed by atoms with Crippen molar-refractivity contribution in [3.8, 4) is 0 Å². The van der Waals surface area contributed by atoms with Crippen LogP contribution in [-0.4, -0.2) is 19.5 Å². The van der Waals surface area contributed by atoms with Crippen molar-refractivity contribution in [3.63, 3.8) is 0 Å². The molecule has 1 aromatic carbocycles. The van der Waals surface area contributed by atoms with Gasteiger partial charge < -0.3 is 10.6 Å². The summed E-state index contributed by atoms with van der Waals surface area (Å²) < 4.78 is 1.07. The van der Waals surface area contributed by atoms with Crippen molar-refractivity contribution in [2.75, 3.05) is 13.6 Å². The van der Waals surface area contributed by atoms with Gasteiger partial charge in [0.1, 0.15) is 0 Å². The Morgan fingerprint density at radius 3 is 2.47 bits per heavy atom. The van der Waals surface area contributed by atoms with E-state index in [0.29, 0.717) is 12.5 Å². The average molecular weight is 348 g/mol. The summed E-state index contributed by atoms with van der Waals surface area (Å²) in [4.78, 5) is 11.8. The first-order chi connectivity index (χ1) is 8.70. The summed E-state index contributed by atoms with van der Waals surface area (Å²) in [6, 6.07) is 8.41. The lowest BCUT2D eigenvalue weighted by Crippen LogP contribution is -2.40. The zero-order chi connectivity index (χ0) is 13.0. The van der Waals surface area contributed by atoms with E-state index in [1.807, 2.05) is 12.1 Å². The van der Waals surface area contributed by atoms with Crippen molar-refractivity contribution in [1.82, 2.24) is 10.6 Å². The summed E-state index contributed by atoms with van der Waals surface area (Å²) >= 11 is 3.44. The fraction of sp³-hybridized carbons (Fsp3) is 0.500. The molecule has 0 aromatic heterocycles. The van der Waals surface area contributed by atoms with Crippen LogP contribution in [0.25, 0.3) is 0 Å². The smallest absolute Gasteiger partial charge is 0.234 e. The van der Waals surface area contributed by atoms with Crippen LogP contribution in [0.4, 0.5) is 0 Å². The first-order valence-corrected chi connectivity index (χ1v) is 7.19. The Balaban J connectivity index is 0.00000180. The van der Waals surface area contributed by atoms with E-state index in [-0.39, 0.29) is 24.4 Å². The largest absolute Gasteiger partial charge is 0.348 e. The zero-order valence-corrected chi connectivity index (χ0v) is 13.4. The molecule has 0 spiro atoms. The van der Waals surface area contributed by atoms with Gasteiger partial charge in [-0.05, 0) is 43.5 Å². The molecule has 1 amide bonds. The number of halogens is 2. The molecule has 5 heteroatoms. The topological polar surface area (TPSA) is 41.1 Å². The summed E-state index contributed by atoms with van der Waals surface area (Å²) in [6.45, 7) is 0.375. The minimum Gasteiger partial charge on any atom is -0.348 e. The van der Waals surface area contributed by atoms with Crippen LogP contribution in [0.3, 0.4) is 0 Å². The Morgan fingerprint density at radius 1 is 1.37 bits per heavy atom. The number of hydrogen-bond acceptors (Lipinski definition) is 2. The van der Waals surface area contributed by atoms with Gasteiger partial charge in [0.2, 0.25) is 5.91 Å². The van der Waals surface area contributed by atoms with Gasteiger partial charge in [0.05, 0.1) is 12.6 Å². The normalized spacial score (nSPS) is 16.1. The second kappa shape index (κ2) is 7.88. The maximum Gasteiger partial charge on any atom is 0.234 e. The van der Waals surface area contributed by atoms with Crippen LogP contribution in [-0.2, 0) is 4.79 Å². The summed E-state index contributed by atoms with van der Waals surface area (Å²) in [5.41, 5.74) is 1.20.